The van der Waals surface area contributed by atoms with E-state index in [0.717, 1.165) is 22.0 Å². The maximum Gasteiger partial charge on any atom is 0.573 e. The van der Waals surface area contributed by atoms with Crippen LogP contribution in [0.5, 0.6) is 11.5 Å². The topological polar surface area (TPSA) is 84.9 Å². The van der Waals surface area contributed by atoms with E-state index in [2.05, 4.69) is 10.1 Å². The second-order valence-corrected chi connectivity index (χ2v) is 11.3. The molecule has 0 aromatic heterocycles. The maximum atomic E-state index is 13.6. The molecule has 3 aromatic carbocycles. The number of nitrogens with one attached hydrogen (secondary N) is 1. The highest BCUT2D eigenvalue weighted by Crippen LogP contribution is 2.40. The highest BCUT2D eigenvalue weighted by atomic mass is 32.2. The zero-order valence-electron chi connectivity index (χ0n) is 20.2. The number of hydrogen-bond donors (Lipinski definition) is 1. The minimum atomic E-state index is -4.84. The van der Waals surface area contributed by atoms with Gasteiger partial charge < -0.3 is 14.8 Å². The molecule has 0 unspecified atom stereocenters. The summed E-state index contributed by atoms with van der Waals surface area (Å²) in [7, 11) is -4.05. The first-order valence-electron chi connectivity index (χ1n) is 11.3. The van der Waals surface area contributed by atoms with Gasteiger partial charge in [-0.15, -0.1) is 13.2 Å². The number of ether oxygens (including phenoxy) is 2. The molecular weight excluding hydrogens is 509 g/mol. The van der Waals surface area contributed by atoms with Crippen LogP contribution in [0.4, 0.5) is 24.5 Å². The van der Waals surface area contributed by atoms with Crippen molar-refractivity contribution in [1.29, 1.82) is 0 Å². The number of amides is 1. The zero-order valence-corrected chi connectivity index (χ0v) is 21.1. The molecule has 0 saturated heterocycles. The molecule has 0 fully saturated rings. The largest absolute Gasteiger partial charge is 0.573 e. The summed E-state index contributed by atoms with van der Waals surface area (Å²) in [6.45, 7) is 5.68. The number of rotatable bonds is 5. The van der Waals surface area contributed by atoms with Crippen molar-refractivity contribution in [1.82, 2.24) is 0 Å². The molecule has 0 saturated carbocycles. The summed E-state index contributed by atoms with van der Waals surface area (Å²) in [4.78, 5) is 13.1. The molecule has 0 aliphatic carbocycles. The van der Waals surface area contributed by atoms with Crippen LogP contribution in [-0.2, 0) is 20.2 Å². The SMILES string of the molecule is CC(C)(C)c1ccc2c(c1)N(S(=O)(=O)c1ccccc1)C[C@H](C(=O)Nc1ccc(OC(F)(F)F)cc1)O2. The van der Waals surface area contributed by atoms with E-state index in [0.29, 0.717) is 5.69 Å². The summed E-state index contributed by atoms with van der Waals surface area (Å²) >= 11 is 0. The van der Waals surface area contributed by atoms with Crippen LogP contribution in [0.1, 0.15) is 26.3 Å². The van der Waals surface area contributed by atoms with Crippen LogP contribution < -0.4 is 19.1 Å². The molecule has 1 atom stereocenters. The molecule has 3 aromatic rings. The quantitative estimate of drug-likeness (QED) is 0.469. The molecule has 1 amide bonds. The van der Waals surface area contributed by atoms with Crippen molar-refractivity contribution in [2.24, 2.45) is 0 Å². The van der Waals surface area contributed by atoms with Gasteiger partial charge >= 0.3 is 6.36 Å². The predicted octanol–water partition coefficient (Wildman–Crippen LogP) is 5.48. The van der Waals surface area contributed by atoms with Gasteiger partial charge in [0.25, 0.3) is 15.9 Å². The Morgan fingerprint density at radius 2 is 1.65 bits per heavy atom. The number of alkyl halides is 3. The third-order valence-corrected chi connectivity index (χ3v) is 7.47. The molecule has 196 valence electrons. The van der Waals surface area contributed by atoms with Crippen molar-refractivity contribution in [2.45, 2.75) is 43.5 Å². The van der Waals surface area contributed by atoms with Crippen LogP contribution in [-0.4, -0.2) is 33.3 Å². The summed E-state index contributed by atoms with van der Waals surface area (Å²) in [6.07, 6.45) is -6.06. The van der Waals surface area contributed by atoms with Crippen LogP contribution in [0.3, 0.4) is 0 Å². The Hall–Kier alpha value is -3.73. The fraction of sp³-hybridized carbons (Fsp3) is 0.269. The fourth-order valence-electron chi connectivity index (χ4n) is 3.76. The Morgan fingerprint density at radius 3 is 2.24 bits per heavy atom. The van der Waals surface area contributed by atoms with Gasteiger partial charge in [0.1, 0.15) is 11.5 Å². The van der Waals surface area contributed by atoms with E-state index < -0.39 is 34.1 Å². The molecule has 0 bridgehead atoms. The lowest BCUT2D eigenvalue weighted by Gasteiger charge is -2.36. The average molecular weight is 535 g/mol. The highest BCUT2D eigenvalue weighted by molar-refractivity contribution is 7.92. The molecule has 1 aliphatic rings. The van der Waals surface area contributed by atoms with Crippen molar-refractivity contribution in [3.8, 4) is 11.5 Å². The maximum absolute atomic E-state index is 13.6. The van der Waals surface area contributed by atoms with E-state index in [1.54, 1.807) is 30.3 Å². The molecule has 1 aliphatic heterocycles. The van der Waals surface area contributed by atoms with Gasteiger partial charge in [0.05, 0.1) is 17.1 Å². The number of nitrogens with zero attached hydrogens (tertiary/aromatic N) is 1. The lowest BCUT2D eigenvalue weighted by Crippen LogP contribution is -2.49. The van der Waals surface area contributed by atoms with Crippen molar-refractivity contribution < 1.29 is 35.9 Å². The van der Waals surface area contributed by atoms with Gasteiger partial charge in [0.15, 0.2) is 6.10 Å². The van der Waals surface area contributed by atoms with E-state index in [1.165, 1.54) is 24.3 Å². The van der Waals surface area contributed by atoms with E-state index in [4.69, 9.17) is 4.74 Å². The number of carbonyl (C=O) groups is 1. The molecule has 0 radical (unpaired) electrons. The van der Waals surface area contributed by atoms with Gasteiger partial charge in [-0.2, -0.15) is 0 Å². The van der Waals surface area contributed by atoms with Crippen LogP contribution in [0.15, 0.2) is 77.7 Å². The van der Waals surface area contributed by atoms with E-state index in [-0.39, 0.29) is 28.3 Å². The van der Waals surface area contributed by atoms with Gasteiger partial charge in [-0.1, -0.05) is 45.0 Å². The van der Waals surface area contributed by atoms with Crippen LogP contribution in [0.2, 0.25) is 0 Å². The summed E-state index contributed by atoms with van der Waals surface area (Å²) in [5.41, 5.74) is 1.11. The summed E-state index contributed by atoms with van der Waals surface area (Å²) in [5.74, 6) is -0.890. The average Bonchev–Trinajstić information content (AvgIpc) is 2.83. The zero-order chi connectivity index (χ0) is 27.0. The minimum absolute atomic E-state index is 0.0587. The first kappa shape index (κ1) is 26.3. The molecule has 0 spiro atoms. The Labute approximate surface area is 212 Å². The van der Waals surface area contributed by atoms with Crippen LogP contribution in [0.25, 0.3) is 0 Å². The van der Waals surface area contributed by atoms with Gasteiger partial charge in [-0.25, -0.2) is 8.42 Å². The first-order chi connectivity index (χ1) is 17.2. The van der Waals surface area contributed by atoms with Gasteiger partial charge in [-0.05, 0) is 59.5 Å². The van der Waals surface area contributed by atoms with Crippen molar-refractivity contribution in [3.63, 3.8) is 0 Å². The van der Waals surface area contributed by atoms with Crippen LogP contribution in [0, 0.1) is 0 Å². The standard InChI is InChI=1S/C26H25F3N2O5S/c1-25(2,3)17-9-14-22-21(15-17)31(37(33,34)20-7-5-4-6-8-20)16-23(35-22)24(32)30-18-10-12-19(13-11-18)36-26(27,28)29/h4-15,23H,16H2,1-3H3,(H,30,32)/t23-/m1/s1. The number of fused-ring (bicyclic) bond motifs is 1. The van der Waals surface area contributed by atoms with Gasteiger partial charge in [0.2, 0.25) is 0 Å². The number of halogens is 3. The molecule has 4 rings (SSSR count). The van der Waals surface area contributed by atoms with Crippen LogP contribution >= 0.6 is 0 Å². The van der Waals surface area contributed by atoms with Gasteiger partial charge in [0, 0.05) is 5.69 Å². The Bertz CT molecular complexity index is 1390. The Balaban J connectivity index is 1.64. The van der Waals surface area contributed by atoms with E-state index in [9.17, 15) is 26.4 Å². The number of carbonyl (C=O) groups excluding carboxylic acids is 1. The van der Waals surface area contributed by atoms with Crippen molar-refractivity contribution in [3.05, 3.63) is 78.4 Å². The summed E-state index contributed by atoms with van der Waals surface area (Å²) in [6, 6.07) is 17.6. The molecular formula is C26H25F3N2O5S. The third kappa shape index (κ3) is 5.99. The lowest BCUT2D eigenvalue weighted by atomic mass is 9.86. The molecule has 1 N–H and O–H groups in total. The predicted molar refractivity (Wildman–Crippen MR) is 132 cm³/mol. The van der Waals surface area contributed by atoms with E-state index >= 15 is 0 Å². The number of hydrogen-bond acceptors (Lipinski definition) is 5. The monoisotopic (exact) mass is 534 g/mol. The summed E-state index contributed by atoms with van der Waals surface area (Å²) in [5, 5.41) is 2.56. The number of sulfonamides is 1. The molecule has 7 nitrogen and oxygen atoms in total. The number of anilines is 2. The third-order valence-electron chi connectivity index (χ3n) is 5.67. The molecule has 37 heavy (non-hydrogen) atoms. The number of benzene rings is 3. The molecule has 1 heterocycles. The van der Waals surface area contributed by atoms with Gasteiger partial charge in [-0.3, -0.25) is 9.10 Å². The second kappa shape index (κ2) is 9.62. The Morgan fingerprint density at radius 1 is 1.00 bits per heavy atom. The highest BCUT2D eigenvalue weighted by Gasteiger charge is 2.38. The molecule has 11 heteroatoms. The van der Waals surface area contributed by atoms with Crippen molar-refractivity contribution >= 4 is 27.3 Å². The minimum Gasteiger partial charge on any atom is -0.476 e. The van der Waals surface area contributed by atoms with Crippen molar-refractivity contribution in [2.75, 3.05) is 16.2 Å². The normalized spacial score (nSPS) is 15.9. The fourth-order valence-corrected chi connectivity index (χ4v) is 5.25. The second-order valence-electron chi connectivity index (χ2n) is 9.45. The first-order valence-corrected chi connectivity index (χ1v) is 12.7. The Kier molecular flexibility index (Phi) is 6.85. The smallest absolute Gasteiger partial charge is 0.476 e. The van der Waals surface area contributed by atoms with E-state index in [1.807, 2.05) is 26.8 Å². The lowest BCUT2D eigenvalue weighted by molar-refractivity contribution is -0.274. The summed E-state index contributed by atoms with van der Waals surface area (Å²) < 4.78 is 75.3.